The van der Waals surface area contributed by atoms with Gasteiger partial charge < -0.3 is 15.2 Å². The second kappa shape index (κ2) is 4.55. The largest absolute Gasteiger partial charge is 0.481 e. The second-order valence-electron chi connectivity index (χ2n) is 5.83. The van der Waals surface area contributed by atoms with Gasteiger partial charge in [0.05, 0.1) is 11.5 Å². The summed E-state index contributed by atoms with van der Waals surface area (Å²) < 4.78 is 5.15. The van der Waals surface area contributed by atoms with Gasteiger partial charge in [-0.3, -0.25) is 4.79 Å². The van der Waals surface area contributed by atoms with Gasteiger partial charge in [-0.05, 0) is 40.5 Å². The van der Waals surface area contributed by atoms with Gasteiger partial charge in [-0.1, -0.05) is 6.42 Å². The Morgan fingerprint density at radius 3 is 2.47 bits per heavy atom. The van der Waals surface area contributed by atoms with Crippen molar-refractivity contribution in [3.8, 4) is 0 Å². The van der Waals surface area contributed by atoms with Crippen LogP contribution in [0.25, 0.3) is 0 Å². The number of rotatable bonds is 2. The van der Waals surface area contributed by atoms with Crippen LogP contribution >= 0.6 is 0 Å². The van der Waals surface area contributed by atoms with E-state index in [0.717, 1.165) is 6.42 Å². The van der Waals surface area contributed by atoms with Gasteiger partial charge in [-0.25, -0.2) is 4.79 Å². The molecule has 2 N–H and O–H groups in total. The van der Waals surface area contributed by atoms with Gasteiger partial charge >= 0.3 is 12.1 Å². The smallest absolute Gasteiger partial charge is 0.408 e. The molecule has 1 saturated carbocycles. The minimum atomic E-state index is -0.860. The zero-order chi connectivity index (χ0) is 13.3. The number of hydrogen-bond acceptors (Lipinski definition) is 3. The van der Waals surface area contributed by atoms with Crippen LogP contribution in [0.1, 0.15) is 47.0 Å². The molecule has 1 fully saturated rings. The first-order valence-corrected chi connectivity index (χ1v) is 5.88. The van der Waals surface area contributed by atoms with Crippen LogP contribution in [-0.2, 0) is 9.53 Å². The van der Waals surface area contributed by atoms with E-state index < -0.39 is 29.1 Å². The van der Waals surface area contributed by atoms with E-state index in [-0.39, 0.29) is 0 Å². The van der Waals surface area contributed by atoms with E-state index in [1.54, 1.807) is 27.7 Å². The molecule has 5 nitrogen and oxygen atoms in total. The Balaban J connectivity index is 2.66. The molecule has 1 aliphatic rings. The summed E-state index contributed by atoms with van der Waals surface area (Å²) in [6.45, 7) is 7.09. The van der Waals surface area contributed by atoms with Crippen molar-refractivity contribution in [1.82, 2.24) is 5.32 Å². The summed E-state index contributed by atoms with van der Waals surface area (Å²) >= 11 is 0. The third-order valence-electron chi connectivity index (χ3n) is 3.04. The van der Waals surface area contributed by atoms with Gasteiger partial charge in [0.2, 0.25) is 0 Å². The predicted molar refractivity (Wildman–Crippen MR) is 62.8 cm³/mol. The number of carbonyl (C=O) groups excluding carboxylic acids is 1. The highest BCUT2D eigenvalue weighted by molar-refractivity contribution is 5.75. The van der Waals surface area contributed by atoms with Gasteiger partial charge in [0, 0.05) is 0 Å². The molecule has 98 valence electrons. The molecule has 0 heterocycles. The zero-order valence-electron chi connectivity index (χ0n) is 10.9. The fourth-order valence-electron chi connectivity index (χ4n) is 2.25. The second-order valence-corrected chi connectivity index (χ2v) is 5.83. The fraction of sp³-hybridized carbons (Fsp3) is 0.833. The topological polar surface area (TPSA) is 75.6 Å². The normalized spacial score (nSPS) is 28.8. The van der Waals surface area contributed by atoms with E-state index in [1.165, 1.54) is 0 Å². The first-order valence-electron chi connectivity index (χ1n) is 5.88. The van der Waals surface area contributed by atoms with E-state index in [9.17, 15) is 9.59 Å². The molecule has 0 aromatic rings. The number of hydrogen-bond donors (Lipinski definition) is 2. The summed E-state index contributed by atoms with van der Waals surface area (Å²) in [5.41, 5.74) is -1.27. The first-order chi connectivity index (χ1) is 7.64. The Labute approximate surface area is 102 Å². The zero-order valence-corrected chi connectivity index (χ0v) is 10.9. The molecule has 2 atom stereocenters. The van der Waals surface area contributed by atoms with E-state index in [1.807, 2.05) is 0 Å². The van der Waals surface area contributed by atoms with Crippen molar-refractivity contribution in [2.45, 2.75) is 58.1 Å². The summed E-state index contributed by atoms with van der Waals surface area (Å²) in [5.74, 6) is -1.39. The molecule has 0 radical (unpaired) electrons. The SMILES string of the molecule is CC(C)(C)OC(=O)N[C@]1(C)CCC[C@@H]1C(=O)O. The number of aliphatic carboxylic acids is 1. The van der Waals surface area contributed by atoms with E-state index in [2.05, 4.69) is 5.32 Å². The summed E-state index contributed by atoms with van der Waals surface area (Å²) in [6, 6.07) is 0. The van der Waals surface area contributed by atoms with Crippen molar-refractivity contribution in [1.29, 1.82) is 0 Å². The van der Waals surface area contributed by atoms with Crippen LogP contribution in [0.2, 0.25) is 0 Å². The lowest BCUT2D eigenvalue weighted by molar-refractivity contribution is -0.143. The maximum atomic E-state index is 11.7. The molecule has 1 amide bonds. The van der Waals surface area contributed by atoms with Crippen molar-refractivity contribution >= 4 is 12.1 Å². The van der Waals surface area contributed by atoms with Gasteiger partial charge in [0.25, 0.3) is 0 Å². The molecule has 0 aromatic carbocycles. The number of carboxylic acid groups (broad SMARTS) is 1. The fourth-order valence-corrected chi connectivity index (χ4v) is 2.25. The van der Waals surface area contributed by atoms with Crippen molar-refractivity contribution in [3.63, 3.8) is 0 Å². The Morgan fingerprint density at radius 2 is 2.00 bits per heavy atom. The molecule has 1 rings (SSSR count). The molecular formula is C12H21NO4. The Bertz CT molecular complexity index is 321. The monoisotopic (exact) mass is 243 g/mol. The summed E-state index contributed by atoms with van der Waals surface area (Å²) in [4.78, 5) is 22.8. The number of alkyl carbamates (subject to hydrolysis) is 1. The molecular weight excluding hydrogens is 222 g/mol. The van der Waals surface area contributed by atoms with Crippen molar-refractivity contribution < 1.29 is 19.4 Å². The Kier molecular flexibility index (Phi) is 3.69. The standard InChI is InChI=1S/C12H21NO4/c1-11(2,3)17-10(16)13-12(4)7-5-6-8(12)9(14)15/h8H,5-7H2,1-4H3,(H,13,16)(H,14,15)/t8-,12-/m1/s1. The molecule has 0 unspecified atom stereocenters. The average molecular weight is 243 g/mol. The van der Waals surface area contributed by atoms with Gasteiger partial charge in [0.15, 0.2) is 0 Å². The maximum Gasteiger partial charge on any atom is 0.408 e. The van der Waals surface area contributed by atoms with Crippen LogP contribution in [0.5, 0.6) is 0 Å². The van der Waals surface area contributed by atoms with E-state index in [0.29, 0.717) is 12.8 Å². The molecule has 17 heavy (non-hydrogen) atoms. The molecule has 0 saturated heterocycles. The van der Waals surface area contributed by atoms with Crippen LogP contribution in [0.15, 0.2) is 0 Å². The lowest BCUT2D eigenvalue weighted by Crippen LogP contribution is -2.52. The van der Waals surface area contributed by atoms with Crippen LogP contribution in [0.4, 0.5) is 4.79 Å². The lowest BCUT2D eigenvalue weighted by Gasteiger charge is -2.31. The van der Waals surface area contributed by atoms with Crippen LogP contribution < -0.4 is 5.32 Å². The summed E-state index contributed by atoms with van der Waals surface area (Å²) in [6.07, 6.45) is 1.53. The molecule has 0 aliphatic heterocycles. The molecule has 0 aromatic heterocycles. The molecule has 5 heteroatoms. The lowest BCUT2D eigenvalue weighted by atomic mass is 9.89. The third-order valence-corrected chi connectivity index (χ3v) is 3.04. The quantitative estimate of drug-likeness (QED) is 0.779. The number of ether oxygens (including phenoxy) is 1. The molecule has 0 spiro atoms. The van der Waals surface area contributed by atoms with Gasteiger partial charge in [-0.2, -0.15) is 0 Å². The van der Waals surface area contributed by atoms with E-state index >= 15 is 0 Å². The first kappa shape index (κ1) is 13.8. The van der Waals surface area contributed by atoms with Crippen LogP contribution in [-0.4, -0.2) is 28.3 Å². The highest BCUT2D eigenvalue weighted by Gasteiger charge is 2.45. The van der Waals surface area contributed by atoms with E-state index in [4.69, 9.17) is 9.84 Å². The minimum absolute atomic E-state index is 0.532. The van der Waals surface area contributed by atoms with Crippen molar-refractivity contribution in [2.75, 3.05) is 0 Å². The summed E-state index contributed by atoms with van der Waals surface area (Å²) in [5, 5.41) is 11.8. The predicted octanol–water partition coefficient (Wildman–Crippen LogP) is 2.15. The Hall–Kier alpha value is -1.26. The van der Waals surface area contributed by atoms with Crippen molar-refractivity contribution in [2.24, 2.45) is 5.92 Å². The van der Waals surface area contributed by atoms with Crippen LogP contribution in [0, 0.1) is 5.92 Å². The average Bonchev–Trinajstić information content (AvgIpc) is 2.42. The number of carboxylic acids is 1. The van der Waals surface area contributed by atoms with Crippen LogP contribution in [0.3, 0.4) is 0 Å². The number of nitrogens with one attached hydrogen (secondary N) is 1. The maximum absolute atomic E-state index is 11.7. The minimum Gasteiger partial charge on any atom is -0.481 e. The van der Waals surface area contributed by atoms with Gasteiger partial charge in [0.1, 0.15) is 5.60 Å². The highest BCUT2D eigenvalue weighted by atomic mass is 16.6. The third kappa shape index (κ3) is 3.61. The van der Waals surface area contributed by atoms with Crippen molar-refractivity contribution in [3.05, 3.63) is 0 Å². The Morgan fingerprint density at radius 1 is 1.41 bits per heavy atom. The summed E-state index contributed by atoms with van der Waals surface area (Å²) in [7, 11) is 0. The number of carbonyl (C=O) groups is 2. The number of amides is 1. The molecule has 0 bridgehead atoms. The van der Waals surface area contributed by atoms with Gasteiger partial charge in [-0.15, -0.1) is 0 Å². The molecule has 1 aliphatic carbocycles. The highest BCUT2D eigenvalue weighted by Crippen LogP contribution is 2.35.